The van der Waals surface area contributed by atoms with Crippen LogP contribution in [0.1, 0.15) is 17.2 Å². The fourth-order valence-electron chi connectivity index (χ4n) is 2.83. The second-order valence-electron chi connectivity index (χ2n) is 5.64. The molecule has 124 valence electrons. The van der Waals surface area contributed by atoms with Crippen LogP contribution in [0.2, 0.25) is 0 Å². The molecule has 1 atom stereocenters. The highest BCUT2D eigenvalue weighted by Gasteiger charge is 2.29. The Bertz CT molecular complexity index is 626. The Balaban J connectivity index is 1.70. The number of aromatic nitrogens is 3. The molecule has 2 aromatic rings. The number of hydrogen-bond donors (Lipinski definition) is 1. The van der Waals surface area contributed by atoms with Crippen molar-refractivity contribution in [2.45, 2.75) is 25.3 Å². The molecule has 0 radical (unpaired) electrons. The van der Waals surface area contributed by atoms with Gasteiger partial charge < -0.3 is 5.32 Å². The summed E-state index contributed by atoms with van der Waals surface area (Å²) in [6, 6.07) is 4.07. The van der Waals surface area contributed by atoms with E-state index < -0.39 is 12.7 Å². The van der Waals surface area contributed by atoms with Gasteiger partial charge in [0.25, 0.3) is 0 Å². The van der Waals surface area contributed by atoms with Crippen molar-refractivity contribution in [3.8, 4) is 0 Å². The van der Waals surface area contributed by atoms with Gasteiger partial charge in [-0.3, -0.25) is 14.6 Å². The molecule has 23 heavy (non-hydrogen) atoms. The van der Waals surface area contributed by atoms with Gasteiger partial charge in [-0.1, -0.05) is 6.07 Å². The molecule has 8 heteroatoms. The molecule has 1 unspecified atom stereocenters. The number of alkyl halides is 3. The average Bonchev–Trinajstić information content (AvgIpc) is 2.94. The lowest BCUT2D eigenvalue weighted by atomic mass is 10.0. The van der Waals surface area contributed by atoms with E-state index in [9.17, 15) is 13.2 Å². The molecule has 1 aliphatic rings. The molecule has 3 rings (SSSR count). The predicted octanol–water partition coefficient (Wildman–Crippen LogP) is 1.99. The van der Waals surface area contributed by atoms with Crippen molar-refractivity contribution >= 4 is 0 Å². The van der Waals surface area contributed by atoms with Crippen LogP contribution in [-0.2, 0) is 13.1 Å². The molecular formula is C15H18F3N5. The summed E-state index contributed by atoms with van der Waals surface area (Å²) in [4.78, 5) is 6.39. The van der Waals surface area contributed by atoms with Crippen LogP contribution in [0.5, 0.6) is 0 Å². The van der Waals surface area contributed by atoms with Crippen molar-refractivity contribution in [1.29, 1.82) is 0 Å². The molecule has 1 N–H and O–H groups in total. The molecule has 0 aliphatic carbocycles. The van der Waals surface area contributed by atoms with Crippen LogP contribution < -0.4 is 5.32 Å². The van der Waals surface area contributed by atoms with Crippen molar-refractivity contribution in [2.75, 3.05) is 19.6 Å². The van der Waals surface area contributed by atoms with Gasteiger partial charge in [0.05, 0.1) is 6.20 Å². The van der Waals surface area contributed by atoms with Crippen molar-refractivity contribution in [1.82, 2.24) is 25.0 Å². The van der Waals surface area contributed by atoms with Gasteiger partial charge in [-0.25, -0.2) is 0 Å². The van der Waals surface area contributed by atoms with Gasteiger partial charge in [-0.2, -0.15) is 18.3 Å². The van der Waals surface area contributed by atoms with Gasteiger partial charge in [0.1, 0.15) is 6.54 Å². The zero-order valence-electron chi connectivity index (χ0n) is 12.5. The van der Waals surface area contributed by atoms with Crippen LogP contribution in [0, 0.1) is 0 Å². The quantitative estimate of drug-likeness (QED) is 0.934. The first-order valence-electron chi connectivity index (χ1n) is 7.44. The van der Waals surface area contributed by atoms with E-state index in [0.717, 1.165) is 35.4 Å². The number of nitrogens with one attached hydrogen (secondary N) is 1. The lowest BCUT2D eigenvalue weighted by Gasteiger charge is -2.36. The minimum atomic E-state index is -4.25. The molecule has 1 fully saturated rings. The standard InChI is InChI=1S/C15H18F3N5/c16-15(17,18)11-23-10-12(6-21-23)9-22-5-4-20-8-14(22)13-2-1-3-19-7-13/h1-3,6-7,10,14,20H,4-5,8-9,11H2. The fourth-order valence-corrected chi connectivity index (χ4v) is 2.83. The van der Waals surface area contributed by atoms with E-state index in [4.69, 9.17) is 0 Å². The normalized spacial score (nSPS) is 19.9. The summed E-state index contributed by atoms with van der Waals surface area (Å²) < 4.78 is 38.2. The number of pyridine rings is 1. The molecule has 0 spiro atoms. The summed E-state index contributed by atoms with van der Waals surface area (Å²) in [6.07, 6.45) is 2.28. The van der Waals surface area contributed by atoms with Crippen molar-refractivity contribution in [3.63, 3.8) is 0 Å². The Kier molecular flexibility index (Phi) is 4.63. The zero-order valence-corrected chi connectivity index (χ0v) is 12.5. The molecule has 0 aromatic carbocycles. The number of rotatable bonds is 4. The fraction of sp³-hybridized carbons (Fsp3) is 0.467. The summed E-state index contributed by atoms with van der Waals surface area (Å²) >= 11 is 0. The minimum Gasteiger partial charge on any atom is -0.314 e. The van der Waals surface area contributed by atoms with E-state index in [1.807, 2.05) is 18.3 Å². The molecule has 2 aromatic heterocycles. The Morgan fingerprint density at radius 2 is 2.17 bits per heavy atom. The third kappa shape index (κ3) is 4.29. The first-order valence-corrected chi connectivity index (χ1v) is 7.44. The Morgan fingerprint density at radius 3 is 2.91 bits per heavy atom. The van der Waals surface area contributed by atoms with E-state index in [1.54, 1.807) is 6.20 Å². The van der Waals surface area contributed by atoms with Gasteiger partial charge in [-0.15, -0.1) is 0 Å². The third-order valence-corrected chi connectivity index (χ3v) is 3.84. The van der Waals surface area contributed by atoms with E-state index in [0.29, 0.717) is 6.54 Å². The van der Waals surface area contributed by atoms with E-state index >= 15 is 0 Å². The SMILES string of the molecule is FC(F)(F)Cn1cc(CN2CCNCC2c2cccnc2)cn1. The van der Waals surface area contributed by atoms with Gasteiger partial charge in [0.2, 0.25) is 0 Å². The van der Waals surface area contributed by atoms with Crippen molar-refractivity contribution in [2.24, 2.45) is 0 Å². The largest absolute Gasteiger partial charge is 0.408 e. The van der Waals surface area contributed by atoms with Crippen LogP contribution in [0.15, 0.2) is 36.9 Å². The Labute approximate surface area is 132 Å². The van der Waals surface area contributed by atoms with E-state index in [-0.39, 0.29) is 6.04 Å². The summed E-state index contributed by atoms with van der Waals surface area (Å²) in [5, 5.41) is 7.15. The number of halogens is 3. The lowest BCUT2D eigenvalue weighted by Crippen LogP contribution is -2.45. The smallest absolute Gasteiger partial charge is 0.314 e. The van der Waals surface area contributed by atoms with Gasteiger partial charge in [0.15, 0.2) is 0 Å². The maximum atomic E-state index is 12.4. The second kappa shape index (κ2) is 6.67. The predicted molar refractivity (Wildman–Crippen MR) is 78.5 cm³/mol. The molecule has 3 heterocycles. The van der Waals surface area contributed by atoms with Crippen LogP contribution in [0.25, 0.3) is 0 Å². The average molecular weight is 325 g/mol. The maximum absolute atomic E-state index is 12.4. The summed E-state index contributed by atoms with van der Waals surface area (Å²) in [5.74, 6) is 0. The summed E-state index contributed by atoms with van der Waals surface area (Å²) in [7, 11) is 0. The Hall–Kier alpha value is -1.93. The van der Waals surface area contributed by atoms with Gasteiger partial charge in [0, 0.05) is 56.4 Å². The number of nitrogens with zero attached hydrogens (tertiary/aromatic N) is 4. The molecule has 1 saturated heterocycles. The Morgan fingerprint density at radius 1 is 1.30 bits per heavy atom. The number of hydrogen-bond acceptors (Lipinski definition) is 4. The highest BCUT2D eigenvalue weighted by atomic mass is 19.4. The van der Waals surface area contributed by atoms with Crippen molar-refractivity contribution < 1.29 is 13.2 Å². The van der Waals surface area contributed by atoms with Crippen molar-refractivity contribution in [3.05, 3.63) is 48.0 Å². The van der Waals surface area contributed by atoms with Crippen LogP contribution in [-0.4, -0.2) is 45.5 Å². The minimum absolute atomic E-state index is 0.156. The van der Waals surface area contributed by atoms with E-state index in [2.05, 4.69) is 20.3 Å². The zero-order chi connectivity index (χ0) is 16.3. The number of piperazine rings is 1. The molecule has 0 amide bonds. The van der Waals surface area contributed by atoms with Crippen LogP contribution >= 0.6 is 0 Å². The lowest BCUT2D eigenvalue weighted by molar-refractivity contribution is -0.142. The monoisotopic (exact) mass is 325 g/mol. The topological polar surface area (TPSA) is 46.0 Å². The molecule has 0 bridgehead atoms. The summed E-state index contributed by atoms with van der Waals surface area (Å²) in [5.41, 5.74) is 1.88. The van der Waals surface area contributed by atoms with Crippen LogP contribution in [0.4, 0.5) is 13.2 Å². The van der Waals surface area contributed by atoms with E-state index in [1.165, 1.54) is 12.4 Å². The van der Waals surface area contributed by atoms with Gasteiger partial charge in [-0.05, 0) is 11.6 Å². The highest BCUT2D eigenvalue weighted by Crippen LogP contribution is 2.24. The maximum Gasteiger partial charge on any atom is 0.408 e. The molecule has 1 aliphatic heterocycles. The van der Waals surface area contributed by atoms with Gasteiger partial charge >= 0.3 is 6.18 Å². The first-order chi connectivity index (χ1) is 11.0. The third-order valence-electron chi connectivity index (χ3n) is 3.84. The molecule has 5 nitrogen and oxygen atoms in total. The summed E-state index contributed by atoms with van der Waals surface area (Å²) in [6.45, 7) is 1.99. The second-order valence-corrected chi connectivity index (χ2v) is 5.64. The molecule has 0 saturated carbocycles. The van der Waals surface area contributed by atoms with Crippen LogP contribution in [0.3, 0.4) is 0 Å². The molecular weight excluding hydrogens is 307 g/mol. The first kappa shape index (κ1) is 15.9. The highest BCUT2D eigenvalue weighted by molar-refractivity contribution is 5.16.